The van der Waals surface area contributed by atoms with Gasteiger partial charge in [0.2, 0.25) is 0 Å². The molecule has 0 saturated heterocycles. The van der Waals surface area contributed by atoms with Crippen molar-refractivity contribution in [3.8, 4) is 0 Å². The van der Waals surface area contributed by atoms with Crippen LogP contribution in [0, 0.1) is 0 Å². The lowest BCUT2D eigenvalue weighted by molar-refractivity contribution is 0.852. The highest BCUT2D eigenvalue weighted by Crippen LogP contribution is 2.35. The van der Waals surface area contributed by atoms with Crippen molar-refractivity contribution < 1.29 is 0 Å². The minimum absolute atomic E-state index is 0.705. The van der Waals surface area contributed by atoms with Crippen LogP contribution in [0.3, 0.4) is 0 Å². The van der Waals surface area contributed by atoms with E-state index < -0.39 is 14.2 Å². The molecule has 4 nitrogen and oxygen atoms in total. The van der Waals surface area contributed by atoms with E-state index in [4.69, 9.17) is 66.4 Å². The molecule has 0 radical (unpaired) electrons. The zero-order valence-corrected chi connectivity index (χ0v) is 25.1. The summed E-state index contributed by atoms with van der Waals surface area (Å²) < 4.78 is 4.26. The van der Waals surface area contributed by atoms with E-state index in [-0.39, 0.29) is 0 Å². The number of aryl methyl sites for hydroxylation is 1. The zero-order chi connectivity index (χ0) is 25.2. The van der Waals surface area contributed by atoms with E-state index in [1.807, 2.05) is 31.4 Å². The number of fused-ring (bicyclic) bond motifs is 6. The molecule has 0 aromatic carbocycles. The Morgan fingerprint density at radius 3 is 2.14 bits per heavy atom. The third kappa shape index (κ3) is 4.35. The van der Waals surface area contributed by atoms with Crippen LogP contribution in [-0.4, -0.2) is 20.6 Å². The first-order chi connectivity index (χ1) is 16.5. The van der Waals surface area contributed by atoms with Crippen LogP contribution >= 0.6 is 11.7 Å². The average Bonchev–Trinajstić information content (AvgIpc) is 3.55. The van der Waals surface area contributed by atoms with Gasteiger partial charge in [-0.2, -0.15) is 0 Å². The second kappa shape index (κ2) is 9.13. The minimum atomic E-state index is -2.26. The van der Waals surface area contributed by atoms with E-state index in [0.29, 0.717) is 11.4 Å². The van der Waals surface area contributed by atoms with Gasteiger partial charge in [0.05, 0.1) is 22.0 Å². The molecule has 0 N–H and O–H groups in total. The summed E-state index contributed by atoms with van der Waals surface area (Å²) in [6, 6.07) is 6.41. The normalized spacial score (nSPS) is 17.8. The van der Waals surface area contributed by atoms with Gasteiger partial charge in [0.25, 0.3) is 0 Å². The molecule has 0 saturated carbocycles. The molecule has 0 fully saturated rings. The predicted octanol–water partition coefficient (Wildman–Crippen LogP) is 3.13. The Morgan fingerprint density at radius 2 is 1.49 bits per heavy atom. The van der Waals surface area contributed by atoms with Gasteiger partial charge in [-0.25, -0.2) is 4.99 Å². The molecule has 5 heterocycles. The Hall–Kier alpha value is -1.47. The highest BCUT2D eigenvalue weighted by molar-refractivity contribution is 8.96. The Kier molecular flexibility index (Phi) is 6.57. The molecule has 3 aliphatic rings. The second-order valence-electron chi connectivity index (χ2n) is 8.44. The topological polar surface area (TPSA) is 34.6 Å². The highest BCUT2D eigenvalue weighted by Gasteiger charge is 2.22. The zero-order valence-electron chi connectivity index (χ0n) is 19.3. The smallest absolute Gasteiger partial charge is 0.0808 e. The fourth-order valence-corrected chi connectivity index (χ4v) is 8.57. The summed E-state index contributed by atoms with van der Waals surface area (Å²) in [6.45, 7) is 4.22. The van der Waals surface area contributed by atoms with E-state index in [1.165, 1.54) is 0 Å². The summed E-state index contributed by atoms with van der Waals surface area (Å²) in [5.41, 5.74) is 7.29. The maximum absolute atomic E-state index is 5.75. The van der Waals surface area contributed by atoms with Crippen molar-refractivity contribution in [1.29, 1.82) is 0 Å². The van der Waals surface area contributed by atoms with Crippen molar-refractivity contribution in [3.05, 3.63) is 87.0 Å². The second-order valence-corrected chi connectivity index (χ2v) is 20.1. The summed E-state index contributed by atoms with van der Waals surface area (Å²) in [5.74, 6) is 0. The van der Waals surface area contributed by atoms with Crippen LogP contribution in [0.4, 0.5) is 0 Å². The van der Waals surface area contributed by atoms with Crippen LogP contribution in [0.1, 0.15) is 25.1 Å². The third-order valence-electron chi connectivity index (χ3n) is 6.35. The van der Waals surface area contributed by atoms with Crippen molar-refractivity contribution in [2.24, 2.45) is 24.1 Å². The maximum Gasteiger partial charge on any atom is 0.0808 e. The van der Waals surface area contributed by atoms with Gasteiger partial charge in [-0.1, -0.05) is 16.6 Å². The standard InChI is InChI=1S/C24H21N4S7/c1-13-15-11-22(27(3)12-15)24(35(31,32)33)19-8-7-18(26-19)23(34(29)30)17-6-5-16(25-17)14(2)21-10-9-20(13)28(21)4/h5-12H,1-4H3,(H,31,32,33)/q-1. The largest absolute Gasteiger partial charge is 0.349 e. The van der Waals surface area contributed by atoms with E-state index in [9.17, 15) is 0 Å². The molecular weight excluding hydrogens is 569 g/mol. The summed E-state index contributed by atoms with van der Waals surface area (Å²) >= 11 is 27.3. The van der Waals surface area contributed by atoms with Crippen molar-refractivity contribution in [2.45, 2.75) is 13.8 Å². The first kappa shape index (κ1) is 25.2. The molecule has 2 aromatic heterocycles. The number of hydrogen-bond donors (Lipinski definition) is 1. The monoisotopic (exact) mass is 589 g/mol. The molecule has 0 unspecified atom stereocenters. The summed E-state index contributed by atoms with van der Waals surface area (Å²) in [7, 11) is 3.18. The van der Waals surface area contributed by atoms with Crippen molar-refractivity contribution in [2.75, 3.05) is 0 Å². The lowest BCUT2D eigenvalue weighted by Crippen LogP contribution is -2.27. The van der Waals surface area contributed by atoms with Gasteiger partial charge >= 0.3 is 0 Å². The number of thiol groups is 1. The highest BCUT2D eigenvalue weighted by atomic mass is 33.5. The number of aromatic nitrogens is 2. The van der Waals surface area contributed by atoms with Crippen LogP contribution in [0.2, 0.25) is 0 Å². The van der Waals surface area contributed by atoms with Crippen LogP contribution < -0.4 is 10.7 Å². The fraction of sp³-hybridized carbons (Fsp3) is 0.167. The summed E-state index contributed by atoms with van der Waals surface area (Å²) in [4.78, 5) is 11.4. The van der Waals surface area contributed by atoms with E-state index >= 15 is 0 Å². The van der Waals surface area contributed by atoms with Gasteiger partial charge in [-0.15, -0.1) is 0 Å². The lowest BCUT2D eigenvalue weighted by Gasteiger charge is -2.14. The van der Waals surface area contributed by atoms with Crippen LogP contribution in [0.25, 0.3) is 16.1 Å². The molecule has 35 heavy (non-hydrogen) atoms. The molecule has 8 bridgehead atoms. The molecule has 180 valence electrons. The van der Waals surface area contributed by atoms with Crippen LogP contribution in [0.5, 0.6) is 0 Å². The quantitative estimate of drug-likeness (QED) is 0.332. The van der Waals surface area contributed by atoms with Crippen molar-refractivity contribution in [3.63, 3.8) is 0 Å². The van der Waals surface area contributed by atoms with Gasteiger partial charge < -0.3 is 17.1 Å². The molecule has 3 aliphatic heterocycles. The van der Waals surface area contributed by atoms with Crippen molar-refractivity contribution in [1.82, 2.24) is 9.13 Å². The predicted molar refractivity (Wildman–Crippen MR) is 168 cm³/mol. The first-order valence-corrected chi connectivity index (χ1v) is 18.2. The number of aliphatic imine (C=N–C) groups is 2. The number of rotatable bonds is 2. The van der Waals surface area contributed by atoms with E-state index in [0.717, 1.165) is 54.3 Å². The van der Waals surface area contributed by atoms with Crippen molar-refractivity contribution >= 4 is 98.1 Å². The Morgan fingerprint density at radius 1 is 0.886 bits per heavy atom. The number of allylic oxidation sites excluding steroid dienone is 5. The minimum Gasteiger partial charge on any atom is -0.349 e. The van der Waals surface area contributed by atoms with Gasteiger partial charge in [0.1, 0.15) is 0 Å². The van der Waals surface area contributed by atoms with E-state index in [1.54, 1.807) is 0 Å². The first-order valence-electron chi connectivity index (χ1n) is 10.6. The summed E-state index contributed by atoms with van der Waals surface area (Å²) in [5, 5.41) is 2.22. The Balaban J connectivity index is 1.98. The maximum atomic E-state index is 5.75. The third-order valence-corrected chi connectivity index (χ3v) is 10.6. The van der Waals surface area contributed by atoms with Gasteiger partial charge in [0.15, 0.2) is 0 Å². The molecule has 0 spiro atoms. The molecular formula is C24H21N4S7-. The lowest BCUT2D eigenvalue weighted by atomic mass is 10.1. The van der Waals surface area contributed by atoms with Gasteiger partial charge in [0, 0.05) is 42.4 Å². The Labute approximate surface area is 230 Å². The molecule has 0 atom stereocenters. The average molecular weight is 590 g/mol. The molecule has 0 amide bonds. The van der Waals surface area contributed by atoms with Gasteiger partial charge in [-0.3, -0.25) is 27.4 Å². The fourth-order valence-electron chi connectivity index (χ4n) is 4.55. The number of nitrogens with zero attached hydrogens (tertiary/aromatic N) is 4. The van der Waals surface area contributed by atoms with E-state index in [2.05, 4.69) is 54.4 Å². The van der Waals surface area contributed by atoms with Gasteiger partial charge in [-0.05, 0) is 102 Å². The molecule has 0 aliphatic carbocycles. The SMILES string of the molecule is CC1=c2ccc(n2C)=C(C)c2cc(n(C)c2)C(S(=S)(=S)S)=C2C=CC(=N2)C([S-](=S)=S)=C2C=CC1=N2. The van der Waals surface area contributed by atoms with Crippen LogP contribution in [0.15, 0.2) is 75.0 Å². The molecule has 11 heteroatoms. The molecule has 5 rings (SSSR count). The molecule has 2 aromatic rings. The summed E-state index contributed by atoms with van der Waals surface area (Å²) in [6.07, 6.45) is 7.70. The van der Waals surface area contributed by atoms with Crippen LogP contribution in [-0.2, 0) is 73.0 Å². The number of hydrogen-bond acceptors (Lipinski definition) is 7. The Bertz CT molecular complexity index is 1820.